The van der Waals surface area contributed by atoms with E-state index in [1.54, 1.807) is 24.3 Å². The van der Waals surface area contributed by atoms with Crippen LogP contribution in [0.4, 0.5) is 5.13 Å². The molecule has 0 radical (unpaired) electrons. The fourth-order valence-corrected chi connectivity index (χ4v) is 4.18. The molecule has 7 nitrogen and oxygen atoms in total. The molecule has 1 atom stereocenters. The van der Waals surface area contributed by atoms with Crippen LogP contribution in [0.25, 0.3) is 11.3 Å². The van der Waals surface area contributed by atoms with Gasteiger partial charge in [-0.05, 0) is 19.1 Å². The maximum absolute atomic E-state index is 12.8. The summed E-state index contributed by atoms with van der Waals surface area (Å²) < 4.78 is 0. The minimum Gasteiger partial charge on any atom is -0.300 e. The predicted octanol–water partition coefficient (Wildman–Crippen LogP) is 3.64. The number of nitrogens with zero attached hydrogens (tertiary/aromatic N) is 2. The average molecular weight is 419 g/mol. The molecule has 0 saturated carbocycles. The molecule has 1 aromatic heterocycles. The van der Waals surface area contributed by atoms with Crippen molar-refractivity contribution in [3.05, 3.63) is 70.6 Å². The van der Waals surface area contributed by atoms with Crippen LogP contribution in [-0.2, 0) is 4.79 Å². The zero-order valence-electron chi connectivity index (χ0n) is 16.2. The van der Waals surface area contributed by atoms with Crippen molar-refractivity contribution in [3.63, 3.8) is 0 Å². The Bertz CT molecular complexity index is 1150. The van der Waals surface area contributed by atoms with Gasteiger partial charge in [0.15, 0.2) is 10.9 Å². The lowest BCUT2D eigenvalue weighted by Crippen LogP contribution is -2.45. The Kier molecular flexibility index (Phi) is 5.01. The lowest BCUT2D eigenvalue weighted by molar-refractivity contribution is -0.119. The molecular weight excluding hydrogens is 402 g/mol. The van der Waals surface area contributed by atoms with Gasteiger partial charge in [-0.2, -0.15) is 0 Å². The van der Waals surface area contributed by atoms with Gasteiger partial charge in [-0.1, -0.05) is 53.8 Å². The number of hydrogen-bond acceptors (Lipinski definition) is 6. The van der Waals surface area contributed by atoms with Crippen molar-refractivity contribution < 1.29 is 19.2 Å². The fraction of sp³-hybridized carbons (Fsp3) is 0.136. The first-order valence-electron chi connectivity index (χ1n) is 9.23. The van der Waals surface area contributed by atoms with Gasteiger partial charge < -0.3 is 5.32 Å². The minimum atomic E-state index is -1.04. The molecular formula is C22H17N3O4S. The summed E-state index contributed by atoms with van der Waals surface area (Å²) in [5.41, 5.74) is 1.80. The average Bonchev–Trinajstić information content (AvgIpc) is 3.28. The molecule has 2 heterocycles. The molecule has 0 aliphatic carbocycles. The molecule has 0 saturated heterocycles. The number of carbonyl (C=O) groups is 4. The van der Waals surface area contributed by atoms with Crippen LogP contribution in [0.15, 0.2) is 54.6 Å². The van der Waals surface area contributed by atoms with Crippen LogP contribution in [0.1, 0.15) is 44.2 Å². The van der Waals surface area contributed by atoms with Gasteiger partial charge in [0.05, 0.1) is 21.7 Å². The maximum Gasteiger partial charge on any atom is 0.262 e. The number of rotatable bonds is 5. The number of hydrogen-bond donors (Lipinski definition) is 1. The highest BCUT2D eigenvalue weighted by atomic mass is 32.1. The number of ketones is 1. The summed E-state index contributed by atoms with van der Waals surface area (Å²) in [6, 6.07) is 14.6. The Morgan fingerprint density at radius 2 is 1.53 bits per heavy atom. The van der Waals surface area contributed by atoms with Crippen LogP contribution in [0, 0.1) is 0 Å². The predicted molar refractivity (Wildman–Crippen MR) is 113 cm³/mol. The summed E-state index contributed by atoms with van der Waals surface area (Å²) in [5.74, 6) is -1.74. The summed E-state index contributed by atoms with van der Waals surface area (Å²) in [6.07, 6.45) is 0. The van der Waals surface area contributed by atoms with Crippen LogP contribution in [0.3, 0.4) is 0 Å². The van der Waals surface area contributed by atoms with E-state index in [0.717, 1.165) is 21.8 Å². The summed E-state index contributed by atoms with van der Waals surface area (Å²) >= 11 is 1.06. The van der Waals surface area contributed by atoms with Crippen molar-refractivity contribution in [1.82, 2.24) is 9.88 Å². The number of thiazole rings is 1. The molecule has 4 rings (SSSR count). The Balaban J connectivity index is 1.58. The minimum absolute atomic E-state index is 0.166. The van der Waals surface area contributed by atoms with Crippen molar-refractivity contribution in [1.29, 1.82) is 0 Å². The largest absolute Gasteiger partial charge is 0.300 e. The summed E-state index contributed by atoms with van der Waals surface area (Å²) in [6.45, 7) is 2.92. The molecule has 0 fully saturated rings. The van der Waals surface area contributed by atoms with Crippen molar-refractivity contribution in [2.75, 3.05) is 5.32 Å². The van der Waals surface area contributed by atoms with E-state index in [2.05, 4.69) is 10.3 Å². The van der Waals surface area contributed by atoms with E-state index in [0.29, 0.717) is 10.6 Å². The van der Waals surface area contributed by atoms with Crippen LogP contribution in [-0.4, -0.2) is 39.4 Å². The SMILES string of the molecule is CC(=O)c1sc(NC(=O)C(C)N2C(=O)c3ccccc3C2=O)nc1-c1ccccc1. The monoisotopic (exact) mass is 419 g/mol. The van der Waals surface area contributed by atoms with Crippen LogP contribution < -0.4 is 5.32 Å². The second-order valence-electron chi connectivity index (χ2n) is 6.81. The van der Waals surface area contributed by atoms with Crippen molar-refractivity contribution in [2.24, 2.45) is 0 Å². The number of fused-ring (bicyclic) bond motifs is 1. The summed E-state index contributed by atoms with van der Waals surface area (Å²) in [7, 11) is 0. The van der Waals surface area contributed by atoms with E-state index >= 15 is 0 Å². The number of benzene rings is 2. The number of aromatic nitrogens is 1. The normalized spacial score (nSPS) is 13.9. The van der Waals surface area contributed by atoms with Crippen LogP contribution in [0.5, 0.6) is 0 Å². The molecule has 2 aromatic carbocycles. The van der Waals surface area contributed by atoms with E-state index in [-0.39, 0.29) is 22.0 Å². The van der Waals surface area contributed by atoms with Gasteiger partial charge >= 0.3 is 0 Å². The zero-order valence-corrected chi connectivity index (χ0v) is 17.0. The van der Waals surface area contributed by atoms with E-state index in [9.17, 15) is 19.2 Å². The summed E-state index contributed by atoms with van der Waals surface area (Å²) in [4.78, 5) is 55.8. The molecule has 3 amide bonds. The third-order valence-electron chi connectivity index (χ3n) is 4.82. The third-order valence-corrected chi connectivity index (χ3v) is 5.89. The summed E-state index contributed by atoms with van der Waals surface area (Å²) in [5, 5.41) is 2.87. The molecule has 1 unspecified atom stereocenters. The molecule has 8 heteroatoms. The lowest BCUT2D eigenvalue weighted by Gasteiger charge is -2.21. The number of nitrogens with one attached hydrogen (secondary N) is 1. The highest BCUT2D eigenvalue weighted by Crippen LogP contribution is 2.32. The Hall–Kier alpha value is -3.65. The molecule has 1 N–H and O–H groups in total. The molecule has 3 aromatic rings. The topological polar surface area (TPSA) is 96.4 Å². The van der Waals surface area contributed by atoms with Gasteiger partial charge in [0, 0.05) is 12.5 Å². The lowest BCUT2D eigenvalue weighted by atomic mass is 10.1. The van der Waals surface area contributed by atoms with E-state index < -0.39 is 23.8 Å². The number of carbonyl (C=O) groups excluding carboxylic acids is 4. The van der Waals surface area contributed by atoms with Crippen molar-refractivity contribution in [3.8, 4) is 11.3 Å². The van der Waals surface area contributed by atoms with Crippen molar-refractivity contribution >= 4 is 40.0 Å². The second kappa shape index (κ2) is 7.64. The Morgan fingerprint density at radius 1 is 0.967 bits per heavy atom. The molecule has 1 aliphatic heterocycles. The molecule has 0 spiro atoms. The van der Waals surface area contributed by atoms with E-state index in [1.807, 2.05) is 30.3 Å². The number of amides is 3. The molecule has 30 heavy (non-hydrogen) atoms. The quantitative estimate of drug-likeness (QED) is 0.503. The maximum atomic E-state index is 12.8. The van der Waals surface area contributed by atoms with E-state index in [4.69, 9.17) is 0 Å². The zero-order chi connectivity index (χ0) is 21.4. The molecule has 150 valence electrons. The highest BCUT2D eigenvalue weighted by molar-refractivity contribution is 7.18. The van der Waals surface area contributed by atoms with Crippen molar-refractivity contribution in [2.45, 2.75) is 19.9 Å². The van der Waals surface area contributed by atoms with E-state index in [1.165, 1.54) is 13.8 Å². The van der Waals surface area contributed by atoms with Gasteiger partial charge in [-0.3, -0.25) is 24.1 Å². The second-order valence-corrected chi connectivity index (χ2v) is 7.81. The van der Waals surface area contributed by atoms with Gasteiger partial charge in [0.2, 0.25) is 5.91 Å². The molecule has 1 aliphatic rings. The standard InChI is InChI=1S/C22H17N3O4S/c1-12(25-20(28)15-10-6-7-11-16(15)21(25)29)19(27)24-22-23-17(18(30-22)13(2)26)14-8-4-3-5-9-14/h3-12H,1-2H3,(H,23,24,27). The van der Waals surface area contributed by atoms with Crippen LogP contribution >= 0.6 is 11.3 Å². The van der Waals surface area contributed by atoms with Crippen LogP contribution in [0.2, 0.25) is 0 Å². The Morgan fingerprint density at radius 3 is 2.10 bits per heavy atom. The number of imide groups is 1. The van der Waals surface area contributed by atoms with Gasteiger partial charge in [0.1, 0.15) is 6.04 Å². The first kappa shape index (κ1) is 19.7. The third kappa shape index (κ3) is 3.31. The van der Waals surface area contributed by atoms with Gasteiger partial charge in [0.25, 0.3) is 11.8 Å². The smallest absolute Gasteiger partial charge is 0.262 e. The van der Waals surface area contributed by atoms with Gasteiger partial charge in [-0.15, -0.1) is 0 Å². The number of anilines is 1. The van der Waals surface area contributed by atoms with Gasteiger partial charge in [-0.25, -0.2) is 4.98 Å². The first-order valence-corrected chi connectivity index (χ1v) is 10.0. The Labute approximate surface area is 176 Å². The fourth-order valence-electron chi connectivity index (χ4n) is 3.29. The highest BCUT2D eigenvalue weighted by Gasteiger charge is 2.40. The molecule has 0 bridgehead atoms. The number of Topliss-reactive ketones (excluding diaryl/α,β-unsaturated/α-hetero) is 1. The first-order chi connectivity index (χ1) is 14.4.